The van der Waals surface area contributed by atoms with Crippen molar-refractivity contribution in [3.05, 3.63) is 35.4 Å². The molecule has 0 spiro atoms. The van der Waals surface area contributed by atoms with Crippen molar-refractivity contribution in [3.63, 3.8) is 0 Å². The predicted molar refractivity (Wildman–Crippen MR) is 77.2 cm³/mol. The van der Waals surface area contributed by atoms with Gasteiger partial charge in [0.1, 0.15) is 0 Å². The first kappa shape index (κ1) is 14.1. The van der Waals surface area contributed by atoms with Crippen LogP contribution < -0.4 is 0 Å². The number of carbonyl (C=O) groups is 1. The molecule has 0 saturated heterocycles. The Bertz CT molecular complexity index is 439. The molecule has 104 valence electrons. The highest BCUT2D eigenvalue weighted by Gasteiger charge is 2.28. The number of hydrogen-bond acceptors (Lipinski definition) is 2. The van der Waals surface area contributed by atoms with Crippen molar-refractivity contribution in [3.8, 4) is 0 Å². The van der Waals surface area contributed by atoms with Crippen molar-refractivity contribution in [2.24, 2.45) is 5.92 Å². The summed E-state index contributed by atoms with van der Waals surface area (Å²) < 4.78 is 4.74. The summed E-state index contributed by atoms with van der Waals surface area (Å²) in [4.78, 5) is 11.3. The van der Waals surface area contributed by atoms with Gasteiger partial charge in [0.15, 0.2) is 0 Å². The van der Waals surface area contributed by atoms with E-state index in [1.165, 1.54) is 31.1 Å². The number of hydrogen-bond donors (Lipinski definition) is 0. The second-order valence-corrected chi connectivity index (χ2v) is 5.81. The van der Waals surface area contributed by atoms with Crippen molar-refractivity contribution in [1.82, 2.24) is 0 Å². The monoisotopic (exact) mass is 260 g/mol. The van der Waals surface area contributed by atoms with Gasteiger partial charge in [-0.05, 0) is 48.1 Å². The molecule has 1 aliphatic carbocycles. The molecule has 3 atom stereocenters. The Morgan fingerprint density at radius 1 is 1.32 bits per heavy atom. The molecule has 0 radical (unpaired) electrons. The smallest absolute Gasteiger partial charge is 0.305 e. The van der Waals surface area contributed by atoms with Crippen molar-refractivity contribution >= 4 is 5.97 Å². The van der Waals surface area contributed by atoms with Crippen LogP contribution in [0.3, 0.4) is 0 Å². The molecule has 0 saturated carbocycles. The van der Waals surface area contributed by atoms with Crippen LogP contribution in [0, 0.1) is 5.92 Å². The van der Waals surface area contributed by atoms with Gasteiger partial charge in [-0.15, -0.1) is 0 Å². The van der Waals surface area contributed by atoms with E-state index in [1.807, 2.05) is 0 Å². The Balaban J connectivity index is 2.09. The molecule has 0 bridgehead atoms. The number of methoxy groups -OCH3 is 1. The van der Waals surface area contributed by atoms with Crippen LogP contribution in [0.2, 0.25) is 0 Å². The molecule has 2 heteroatoms. The second kappa shape index (κ2) is 6.23. The first-order valence-corrected chi connectivity index (χ1v) is 7.29. The molecule has 2 rings (SSSR count). The summed E-state index contributed by atoms with van der Waals surface area (Å²) in [5, 5.41) is 0. The summed E-state index contributed by atoms with van der Waals surface area (Å²) in [7, 11) is 1.46. The normalized spacial score (nSPS) is 23.5. The molecular weight excluding hydrogens is 236 g/mol. The zero-order valence-electron chi connectivity index (χ0n) is 12.2. The minimum atomic E-state index is -0.0932. The molecule has 1 aromatic rings. The molecule has 0 N–H and O–H groups in total. The summed E-state index contributed by atoms with van der Waals surface area (Å²) in [5.74, 6) is 1.70. The quantitative estimate of drug-likeness (QED) is 0.756. The number of carbonyl (C=O) groups excluding carboxylic acids is 1. The van der Waals surface area contributed by atoms with Crippen molar-refractivity contribution < 1.29 is 9.53 Å². The number of benzene rings is 1. The lowest BCUT2D eigenvalue weighted by molar-refractivity contribution is -0.140. The third kappa shape index (κ3) is 3.17. The molecular formula is C17H24O2. The Kier molecular flexibility index (Phi) is 4.62. The summed E-state index contributed by atoms with van der Waals surface area (Å²) in [6.45, 7) is 4.58. The van der Waals surface area contributed by atoms with Gasteiger partial charge in [0.2, 0.25) is 0 Å². The second-order valence-electron chi connectivity index (χ2n) is 5.81. The van der Waals surface area contributed by atoms with Gasteiger partial charge in [-0.1, -0.05) is 38.1 Å². The predicted octanol–water partition coefficient (Wildman–Crippen LogP) is 4.26. The van der Waals surface area contributed by atoms with E-state index < -0.39 is 0 Å². The van der Waals surface area contributed by atoms with E-state index in [1.54, 1.807) is 0 Å². The average Bonchev–Trinajstić information content (AvgIpc) is 2.45. The molecule has 3 unspecified atom stereocenters. The van der Waals surface area contributed by atoms with E-state index in [0.29, 0.717) is 24.2 Å². The third-order valence-corrected chi connectivity index (χ3v) is 4.56. The summed E-state index contributed by atoms with van der Waals surface area (Å²) in [6, 6.07) is 8.80. The third-order valence-electron chi connectivity index (χ3n) is 4.56. The topological polar surface area (TPSA) is 26.3 Å². The van der Waals surface area contributed by atoms with E-state index in [9.17, 15) is 4.79 Å². The molecule has 0 amide bonds. The van der Waals surface area contributed by atoms with Gasteiger partial charge >= 0.3 is 5.97 Å². The lowest BCUT2D eigenvalue weighted by Gasteiger charge is -2.33. The molecule has 1 aromatic carbocycles. The average molecular weight is 260 g/mol. The van der Waals surface area contributed by atoms with Crippen LogP contribution in [0.25, 0.3) is 0 Å². The highest BCUT2D eigenvalue weighted by molar-refractivity contribution is 5.69. The standard InChI is InChI=1S/C17H24O2/c1-12-8-10-15(13(2)9-11-17(18)19-3)16-7-5-4-6-14(12)16/h4-7,12-13,15H,8-11H2,1-3H3. The number of esters is 1. The summed E-state index contributed by atoms with van der Waals surface area (Å²) in [5.41, 5.74) is 3.00. The van der Waals surface area contributed by atoms with Crippen LogP contribution in [-0.2, 0) is 9.53 Å². The Hall–Kier alpha value is -1.31. The van der Waals surface area contributed by atoms with Gasteiger partial charge in [-0.25, -0.2) is 0 Å². The maximum absolute atomic E-state index is 11.3. The van der Waals surface area contributed by atoms with Gasteiger partial charge < -0.3 is 4.74 Å². The molecule has 0 fully saturated rings. The molecule has 2 nitrogen and oxygen atoms in total. The van der Waals surface area contributed by atoms with E-state index in [2.05, 4.69) is 38.1 Å². The zero-order valence-corrected chi connectivity index (χ0v) is 12.2. The largest absolute Gasteiger partial charge is 0.469 e. The van der Waals surface area contributed by atoms with E-state index >= 15 is 0 Å². The number of rotatable bonds is 4. The van der Waals surface area contributed by atoms with Gasteiger partial charge in [-0.2, -0.15) is 0 Å². The van der Waals surface area contributed by atoms with Gasteiger partial charge in [0.05, 0.1) is 7.11 Å². The fourth-order valence-electron chi connectivity index (χ4n) is 3.28. The van der Waals surface area contributed by atoms with E-state index in [-0.39, 0.29) is 5.97 Å². The lowest BCUT2D eigenvalue weighted by Crippen LogP contribution is -2.19. The van der Waals surface area contributed by atoms with Crippen LogP contribution >= 0.6 is 0 Å². The van der Waals surface area contributed by atoms with E-state index in [4.69, 9.17) is 4.74 Å². The maximum Gasteiger partial charge on any atom is 0.305 e. The Morgan fingerprint density at radius 2 is 2.00 bits per heavy atom. The number of ether oxygens (including phenoxy) is 1. The van der Waals surface area contributed by atoms with Crippen LogP contribution in [0.4, 0.5) is 0 Å². The molecule has 0 aliphatic heterocycles. The van der Waals surface area contributed by atoms with Gasteiger partial charge in [0.25, 0.3) is 0 Å². The summed E-state index contributed by atoms with van der Waals surface area (Å²) in [6.07, 6.45) is 3.94. The van der Waals surface area contributed by atoms with Crippen LogP contribution in [0.1, 0.15) is 62.5 Å². The zero-order chi connectivity index (χ0) is 13.8. The van der Waals surface area contributed by atoms with Gasteiger partial charge in [-0.3, -0.25) is 4.79 Å². The fraction of sp³-hybridized carbons (Fsp3) is 0.588. The SMILES string of the molecule is COC(=O)CCC(C)C1CCC(C)c2ccccc21. The van der Waals surface area contributed by atoms with Crippen molar-refractivity contribution in [2.45, 2.75) is 51.4 Å². The van der Waals surface area contributed by atoms with Gasteiger partial charge in [0, 0.05) is 6.42 Å². The first-order valence-electron chi connectivity index (χ1n) is 7.29. The van der Waals surface area contributed by atoms with Crippen molar-refractivity contribution in [2.75, 3.05) is 7.11 Å². The van der Waals surface area contributed by atoms with Crippen LogP contribution in [0.15, 0.2) is 24.3 Å². The maximum atomic E-state index is 11.3. The highest BCUT2D eigenvalue weighted by atomic mass is 16.5. The minimum absolute atomic E-state index is 0.0932. The van der Waals surface area contributed by atoms with Crippen molar-refractivity contribution in [1.29, 1.82) is 0 Å². The first-order chi connectivity index (χ1) is 9.13. The fourth-order valence-corrected chi connectivity index (χ4v) is 3.28. The van der Waals surface area contributed by atoms with E-state index in [0.717, 1.165) is 6.42 Å². The highest BCUT2D eigenvalue weighted by Crippen LogP contribution is 2.43. The Labute approximate surface area is 116 Å². The number of fused-ring (bicyclic) bond motifs is 1. The molecule has 1 aliphatic rings. The molecule has 19 heavy (non-hydrogen) atoms. The minimum Gasteiger partial charge on any atom is -0.469 e. The summed E-state index contributed by atoms with van der Waals surface area (Å²) >= 11 is 0. The van der Waals surface area contributed by atoms with Crippen LogP contribution in [-0.4, -0.2) is 13.1 Å². The Morgan fingerprint density at radius 3 is 2.68 bits per heavy atom. The lowest BCUT2D eigenvalue weighted by atomic mass is 9.72. The molecule has 0 heterocycles. The van der Waals surface area contributed by atoms with Crippen LogP contribution in [0.5, 0.6) is 0 Å². The molecule has 0 aromatic heterocycles.